The molecule has 1 heterocycles. The predicted octanol–water partition coefficient (Wildman–Crippen LogP) is 5.17. The number of alkyl halides is 3. The van der Waals surface area contributed by atoms with Crippen LogP contribution >= 0.6 is 11.8 Å². The lowest BCUT2D eigenvalue weighted by Crippen LogP contribution is -2.28. The fourth-order valence-electron chi connectivity index (χ4n) is 2.14. The minimum atomic E-state index is -5.68. The summed E-state index contributed by atoms with van der Waals surface area (Å²) in [6, 6.07) is 11.5. The SMILES string of the molecule is CC.CN1c2ccccc2Sc2ccc(OS(=O)(=O)C(F)(F)F)cc21. The Morgan fingerprint density at radius 2 is 1.60 bits per heavy atom. The van der Waals surface area contributed by atoms with Crippen molar-refractivity contribution in [2.45, 2.75) is 29.1 Å². The Morgan fingerprint density at radius 1 is 1.00 bits per heavy atom. The van der Waals surface area contributed by atoms with Crippen LogP contribution in [0.15, 0.2) is 52.3 Å². The molecule has 1 aliphatic rings. The number of rotatable bonds is 2. The van der Waals surface area contributed by atoms with Gasteiger partial charge in [-0.1, -0.05) is 37.7 Å². The maximum Gasteiger partial charge on any atom is 0.534 e. The van der Waals surface area contributed by atoms with Gasteiger partial charge in [0.15, 0.2) is 0 Å². The molecule has 0 atom stereocenters. The van der Waals surface area contributed by atoms with Crippen molar-refractivity contribution in [1.82, 2.24) is 0 Å². The molecule has 136 valence electrons. The van der Waals surface area contributed by atoms with E-state index in [1.807, 2.05) is 38.1 Å². The lowest BCUT2D eigenvalue weighted by molar-refractivity contribution is -0.0500. The van der Waals surface area contributed by atoms with Crippen LogP contribution in [0.25, 0.3) is 0 Å². The average Bonchev–Trinajstić information content (AvgIpc) is 2.56. The van der Waals surface area contributed by atoms with E-state index in [1.165, 1.54) is 30.0 Å². The third-order valence-electron chi connectivity index (χ3n) is 3.23. The number of nitrogens with zero attached hydrogens (tertiary/aromatic N) is 1. The summed E-state index contributed by atoms with van der Waals surface area (Å²) in [5.41, 5.74) is -4.01. The Morgan fingerprint density at radius 3 is 2.24 bits per heavy atom. The van der Waals surface area contributed by atoms with E-state index in [9.17, 15) is 21.6 Å². The number of para-hydroxylation sites is 1. The Bertz CT molecular complexity index is 867. The van der Waals surface area contributed by atoms with E-state index < -0.39 is 15.6 Å². The molecule has 0 unspecified atom stereocenters. The summed E-state index contributed by atoms with van der Waals surface area (Å²) >= 11 is 1.45. The molecule has 3 rings (SSSR count). The third-order valence-corrected chi connectivity index (χ3v) is 5.34. The van der Waals surface area contributed by atoms with Gasteiger partial charge in [0.25, 0.3) is 0 Å². The second kappa shape index (κ2) is 7.17. The molecule has 0 bridgehead atoms. The Kier molecular flexibility index (Phi) is 5.58. The van der Waals surface area contributed by atoms with Crippen molar-refractivity contribution in [1.29, 1.82) is 0 Å². The Balaban J connectivity index is 0.00000109. The molecule has 0 saturated carbocycles. The van der Waals surface area contributed by atoms with Gasteiger partial charge in [-0.2, -0.15) is 21.6 Å². The standard InChI is InChI=1S/C14H10F3NO3S2.C2H6/c1-18-10-4-2-3-5-12(10)22-13-7-6-9(8-11(13)18)21-23(19,20)14(15,16)17;1-2/h2-8H,1H3;1-2H3. The van der Waals surface area contributed by atoms with Crippen LogP contribution in [0, 0.1) is 0 Å². The summed E-state index contributed by atoms with van der Waals surface area (Å²) in [6.45, 7) is 4.00. The van der Waals surface area contributed by atoms with Crippen LogP contribution in [0.5, 0.6) is 5.75 Å². The molecule has 0 saturated heterocycles. The average molecular weight is 391 g/mol. The monoisotopic (exact) mass is 391 g/mol. The van der Waals surface area contributed by atoms with E-state index >= 15 is 0 Å². The van der Waals surface area contributed by atoms with Crippen LogP contribution in [0.4, 0.5) is 24.5 Å². The molecule has 2 aromatic carbocycles. The highest BCUT2D eigenvalue weighted by atomic mass is 32.2. The molecule has 0 fully saturated rings. The molecule has 0 radical (unpaired) electrons. The minimum absolute atomic E-state index is 0.382. The van der Waals surface area contributed by atoms with Crippen molar-refractivity contribution in [3.05, 3.63) is 42.5 Å². The summed E-state index contributed by atoms with van der Waals surface area (Å²) in [6.07, 6.45) is 0. The zero-order valence-electron chi connectivity index (χ0n) is 13.7. The second-order valence-corrected chi connectivity index (χ2v) is 7.36. The lowest BCUT2D eigenvalue weighted by Gasteiger charge is -2.29. The number of fused-ring (bicyclic) bond motifs is 2. The number of halogens is 3. The van der Waals surface area contributed by atoms with E-state index in [0.717, 1.165) is 15.5 Å². The zero-order valence-corrected chi connectivity index (χ0v) is 15.3. The van der Waals surface area contributed by atoms with Crippen molar-refractivity contribution in [3.63, 3.8) is 0 Å². The molecule has 0 aliphatic carbocycles. The molecule has 0 amide bonds. The molecular weight excluding hydrogens is 375 g/mol. The fraction of sp³-hybridized carbons (Fsp3) is 0.250. The molecular formula is C16H16F3NO3S2. The molecule has 25 heavy (non-hydrogen) atoms. The molecule has 0 spiro atoms. The van der Waals surface area contributed by atoms with Gasteiger partial charge >= 0.3 is 15.6 Å². The second-order valence-electron chi connectivity index (χ2n) is 4.74. The highest BCUT2D eigenvalue weighted by Crippen LogP contribution is 2.48. The molecule has 4 nitrogen and oxygen atoms in total. The van der Waals surface area contributed by atoms with E-state index in [4.69, 9.17) is 0 Å². The van der Waals surface area contributed by atoms with E-state index in [1.54, 1.807) is 11.9 Å². The number of anilines is 2. The zero-order chi connectivity index (χ0) is 18.8. The van der Waals surface area contributed by atoms with Gasteiger partial charge in [0, 0.05) is 22.9 Å². The first kappa shape index (κ1) is 19.5. The number of hydrogen-bond acceptors (Lipinski definition) is 5. The minimum Gasteiger partial charge on any atom is -0.376 e. The Hall–Kier alpha value is -1.87. The molecule has 0 N–H and O–H groups in total. The largest absolute Gasteiger partial charge is 0.534 e. The smallest absolute Gasteiger partial charge is 0.376 e. The summed E-state index contributed by atoms with van der Waals surface area (Å²) in [4.78, 5) is 3.57. The molecule has 1 aliphatic heterocycles. The summed E-state index contributed by atoms with van der Waals surface area (Å²) < 4.78 is 63.6. The summed E-state index contributed by atoms with van der Waals surface area (Å²) in [7, 11) is -3.93. The lowest BCUT2D eigenvalue weighted by atomic mass is 10.2. The normalized spacial score (nSPS) is 13.3. The maximum absolute atomic E-state index is 12.4. The highest BCUT2D eigenvalue weighted by molar-refractivity contribution is 7.99. The maximum atomic E-state index is 12.4. The summed E-state index contributed by atoms with van der Waals surface area (Å²) in [5, 5.41) is 0. The predicted molar refractivity (Wildman–Crippen MR) is 92.0 cm³/mol. The van der Waals surface area contributed by atoms with Crippen molar-refractivity contribution in [2.24, 2.45) is 0 Å². The van der Waals surface area contributed by atoms with Crippen LogP contribution < -0.4 is 9.08 Å². The van der Waals surface area contributed by atoms with Crippen LogP contribution in [-0.2, 0) is 10.1 Å². The van der Waals surface area contributed by atoms with Crippen molar-refractivity contribution in [2.75, 3.05) is 11.9 Å². The summed E-state index contributed by atoms with van der Waals surface area (Å²) in [5.74, 6) is -0.382. The van der Waals surface area contributed by atoms with Gasteiger partial charge in [-0.3, -0.25) is 0 Å². The van der Waals surface area contributed by atoms with Gasteiger partial charge in [-0.05, 0) is 24.3 Å². The first-order chi connectivity index (χ1) is 11.7. The highest BCUT2D eigenvalue weighted by Gasteiger charge is 2.48. The Labute approximate surface area is 148 Å². The molecule has 9 heteroatoms. The van der Waals surface area contributed by atoms with Gasteiger partial charge in [-0.25, -0.2) is 0 Å². The van der Waals surface area contributed by atoms with Gasteiger partial charge in [0.2, 0.25) is 0 Å². The quantitative estimate of drug-likeness (QED) is 0.522. The van der Waals surface area contributed by atoms with E-state index in [0.29, 0.717) is 5.69 Å². The topological polar surface area (TPSA) is 46.6 Å². The van der Waals surface area contributed by atoms with Crippen LogP contribution in [0.1, 0.15) is 13.8 Å². The van der Waals surface area contributed by atoms with Gasteiger partial charge in [0.1, 0.15) is 5.75 Å². The number of benzene rings is 2. The van der Waals surface area contributed by atoms with E-state index in [-0.39, 0.29) is 5.75 Å². The fourth-order valence-corrected chi connectivity index (χ4v) is 3.72. The van der Waals surface area contributed by atoms with Crippen molar-refractivity contribution >= 4 is 33.3 Å². The van der Waals surface area contributed by atoms with Crippen LogP contribution in [-0.4, -0.2) is 21.0 Å². The first-order valence-electron chi connectivity index (χ1n) is 7.34. The van der Waals surface area contributed by atoms with Gasteiger partial charge < -0.3 is 9.08 Å². The van der Waals surface area contributed by atoms with E-state index in [2.05, 4.69) is 4.18 Å². The first-order valence-corrected chi connectivity index (χ1v) is 9.57. The third kappa shape index (κ3) is 3.87. The molecule has 0 aromatic heterocycles. The molecule has 2 aromatic rings. The van der Waals surface area contributed by atoms with Crippen LogP contribution in [0.3, 0.4) is 0 Å². The van der Waals surface area contributed by atoms with Crippen LogP contribution in [0.2, 0.25) is 0 Å². The van der Waals surface area contributed by atoms with Gasteiger partial charge in [0.05, 0.1) is 11.4 Å². The van der Waals surface area contributed by atoms with Crippen molar-refractivity contribution in [3.8, 4) is 5.75 Å². The van der Waals surface area contributed by atoms with Crippen molar-refractivity contribution < 1.29 is 25.8 Å². The number of hydrogen-bond donors (Lipinski definition) is 0. The van der Waals surface area contributed by atoms with Gasteiger partial charge in [-0.15, -0.1) is 0 Å².